The number of carbonyl (C=O) groups is 1. The number of rotatable bonds is 6. The topological polar surface area (TPSA) is 102 Å². The summed E-state index contributed by atoms with van der Waals surface area (Å²) in [7, 11) is 2.14. The minimum absolute atomic E-state index is 0.138. The number of hydrogen-bond donors (Lipinski definition) is 2. The fourth-order valence-electron chi connectivity index (χ4n) is 6.64. The van der Waals surface area contributed by atoms with Gasteiger partial charge in [-0.1, -0.05) is 62.7 Å². The zero-order chi connectivity index (χ0) is 32.0. The van der Waals surface area contributed by atoms with Crippen molar-refractivity contribution in [1.82, 2.24) is 34.6 Å². The maximum Gasteiger partial charge on any atom is 0.320 e. The van der Waals surface area contributed by atoms with Crippen LogP contribution in [0.1, 0.15) is 92.9 Å². The normalized spacial score (nSPS) is 20.1. The van der Waals surface area contributed by atoms with Crippen LogP contribution in [0.4, 0.5) is 10.6 Å². The zero-order valence-corrected chi connectivity index (χ0v) is 27.2. The molecule has 0 bridgehead atoms. The van der Waals surface area contributed by atoms with Crippen LogP contribution < -0.4 is 15.4 Å². The zero-order valence-electron chi connectivity index (χ0n) is 27.2. The number of anilines is 1. The van der Waals surface area contributed by atoms with Gasteiger partial charge in [-0.05, 0) is 81.6 Å². The lowest BCUT2D eigenvalue weighted by Gasteiger charge is -2.32. The lowest BCUT2D eigenvalue weighted by molar-refractivity contribution is 0.171. The van der Waals surface area contributed by atoms with Crippen LogP contribution in [-0.2, 0) is 5.41 Å². The molecule has 7 rings (SSSR count). The van der Waals surface area contributed by atoms with E-state index < -0.39 is 0 Å². The summed E-state index contributed by atoms with van der Waals surface area (Å²) in [4.78, 5) is 15.8. The molecule has 1 aliphatic carbocycles. The highest BCUT2D eigenvalue weighted by atomic mass is 16.5. The van der Waals surface area contributed by atoms with Crippen LogP contribution in [0.2, 0.25) is 0 Å². The van der Waals surface area contributed by atoms with Gasteiger partial charge in [0, 0.05) is 11.5 Å². The van der Waals surface area contributed by atoms with Crippen LogP contribution >= 0.6 is 0 Å². The molecule has 0 radical (unpaired) electrons. The third-order valence-electron chi connectivity index (χ3n) is 9.24. The summed E-state index contributed by atoms with van der Waals surface area (Å²) in [5, 5.41) is 20.1. The van der Waals surface area contributed by atoms with Crippen molar-refractivity contribution < 1.29 is 9.53 Å². The first-order valence-corrected chi connectivity index (χ1v) is 16.2. The summed E-state index contributed by atoms with van der Waals surface area (Å²) in [6.07, 6.45) is 5.61. The molecule has 10 heteroatoms. The minimum Gasteiger partial charge on any atom is -0.484 e. The van der Waals surface area contributed by atoms with E-state index in [1.54, 1.807) is 4.68 Å². The van der Waals surface area contributed by atoms with Crippen molar-refractivity contribution in [3.63, 3.8) is 0 Å². The number of benzene rings is 2. The van der Waals surface area contributed by atoms with Crippen molar-refractivity contribution >= 4 is 17.5 Å². The molecule has 2 amide bonds. The highest BCUT2D eigenvalue weighted by Crippen LogP contribution is 2.39. The largest absolute Gasteiger partial charge is 0.484 e. The average molecular weight is 619 g/mol. The second-order valence-corrected chi connectivity index (χ2v) is 13.7. The predicted molar refractivity (Wildman–Crippen MR) is 179 cm³/mol. The minimum atomic E-state index is -0.268. The van der Waals surface area contributed by atoms with Crippen LogP contribution in [0, 0.1) is 6.92 Å². The van der Waals surface area contributed by atoms with E-state index in [4.69, 9.17) is 9.84 Å². The fraction of sp³-hybridized carbons (Fsp3) is 0.389. The van der Waals surface area contributed by atoms with E-state index in [2.05, 4.69) is 77.0 Å². The van der Waals surface area contributed by atoms with Gasteiger partial charge in [-0.25, -0.2) is 9.48 Å². The Labute approximate surface area is 269 Å². The van der Waals surface area contributed by atoms with Gasteiger partial charge < -0.3 is 10.1 Å². The molecular formula is C36H42N8O2. The Morgan fingerprint density at radius 2 is 1.74 bits per heavy atom. The summed E-state index contributed by atoms with van der Waals surface area (Å²) in [6.45, 7) is 9.48. The Morgan fingerprint density at radius 3 is 2.48 bits per heavy atom. The Hall–Kier alpha value is -4.70. The first kappa shape index (κ1) is 30.0. The van der Waals surface area contributed by atoms with Crippen molar-refractivity contribution in [3.8, 4) is 11.4 Å². The van der Waals surface area contributed by atoms with Crippen molar-refractivity contribution in [1.29, 1.82) is 0 Å². The van der Waals surface area contributed by atoms with Crippen LogP contribution in [-0.4, -0.2) is 48.9 Å². The van der Waals surface area contributed by atoms with Gasteiger partial charge >= 0.3 is 6.03 Å². The maximum absolute atomic E-state index is 13.5. The Bertz CT molecular complexity index is 1870. The molecule has 0 spiro atoms. The molecule has 3 atom stereocenters. The van der Waals surface area contributed by atoms with Crippen LogP contribution in [0.3, 0.4) is 0 Å². The Balaban J connectivity index is 1.09. The molecule has 46 heavy (non-hydrogen) atoms. The number of nitrogens with one attached hydrogen (secondary N) is 2. The molecule has 1 saturated heterocycles. The number of fused-ring (bicyclic) bond motifs is 2. The standard InChI is InChI=1S/C36H42N8O2/c1-23-12-14-24(15-13-23)44-33(21-31(41-44)36(2,3)4)38-35(45)37-28-17-18-30(27-10-7-6-9-26(27)28)46-25-16-19-32-39-40-34(43(32)22-25)29-11-8-20-42(29)5/h6-7,9-10,12-16,19,21-22,28-30H,8,11,17-18,20H2,1-5H3,(H2,37,38,45)/t28-,29?,30+/m0/s1. The van der Waals surface area contributed by atoms with Crippen LogP contribution in [0.25, 0.3) is 11.3 Å². The molecule has 1 fully saturated rings. The number of urea groups is 1. The molecule has 4 heterocycles. The smallest absolute Gasteiger partial charge is 0.320 e. The van der Waals surface area contributed by atoms with E-state index >= 15 is 0 Å². The first-order valence-electron chi connectivity index (χ1n) is 16.2. The number of aryl methyl sites for hydroxylation is 1. The van der Waals surface area contributed by atoms with Gasteiger partial charge in [-0.2, -0.15) is 5.10 Å². The molecule has 1 unspecified atom stereocenters. The van der Waals surface area contributed by atoms with Gasteiger partial charge in [0.2, 0.25) is 0 Å². The summed E-state index contributed by atoms with van der Waals surface area (Å²) in [5.41, 5.74) is 5.75. The van der Waals surface area contributed by atoms with E-state index in [1.807, 2.05) is 60.8 Å². The van der Waals surface area contributed by atoms with E-state index in [1.165, 1.54) is 5.56 Å². The highest BCUT2D eigenvalue weighted by Gasteiger charge is 2.31. The van der Waals surface area contributed by atoms with Crippen molar-refractivity contribution in [3.05, 3.63) is 101 Å². The van der Waals surface area contributed by atoms with Crippen molar-refractivity contribution in [2.75, 3.05) is 18.9 Å². The number of amides is 2. The number of hydrogen-bond acceptors (Lipinski definition) is 6. The van der Waals surface area contributed by atoms with Gasteiger partial charge in [0.15, 0.2) is 11.5 Å². The van der Waals surface area contributed by atoms with Gasteiger partial charge in [-0.3, -0.25) is 14.6 Å². The third kappa shape index (κ3) is 5.85. The van der Waals surface area contributed by atoms with E-state index in [-0.39, 0.29) is 29.6 Å². The number of likely N-dealkylation sites (tertiary alicyclic amines) is 1. The highest BCUT2D eigenvalue weighted by molar-refractivity contribution is 5.89. The second-order valence-electron chi connectivity index (χ2n) is 13.7. The number of aromatic nitrogens is 5. The quantitative estimate of drug-likeness (QED) is 0.211. The molecule has 5 aromatic rings. The van der Waals surface area contributed by atoms with E-state index in [0.717, 1.165) is 72.0 Å². The molecule has 10 nitrogen and oxygen atoms in total. The maximum atomic E-state index is 13.5. The summed E-state index contributed by atoms with van der Waals surface area (Å²) < 4.78 is 10.5. The number of pyridine rings is 1. The van der Waals surface area contributed by atoms with Gasteiger partial charge in [0.05, 0.1) is 29.7 Å². The lowest BCUT2D eigenvalue weighted by Crippen LogP contribution is -2.36. The van der Waals surface area contributed by atoms with E-state index in [9.17, 15) is 4.79 Å². The Kier molecular flexibility index (Phi) is 7.76. The second kappa shape index (κ2) is 11.9. The SMILES string of the molecule is Cc1ccc(-n2nc(C(C)(C)C)cc2NC(=O)N[C@H]2CC[C@@H](Oc3ccc4nnc(C5CCCN5C)n4c3)c3ccccc32)cc1. The molecule has 1 aliphatic heterocycles. The van der Waals surface area contributed by atoms with Gasteiger partial charge in [0.25, 0.3) is 0 Å². The Morgan fingerprint density at radius 1 is 0.957 bits per heavy atom. The lowest BCUT2D eigenvalue weighted by atomic mass is 9.85. The molecule has 2 N–H and O–H groups in total. The summed E-state index contributed by atoms with van der Waals surface area (Å²) in [6, 6.07) is 22.1. The van der Waals surface area contributed by atoms with Crippen LogP contribution in [0.15, 0.2) is 72.9 Å². The number of nitrogens with zero attached hydrogens (tertiary/aromatic N) is 6. The van der Waals surface area contributed by atoms with Crippen molar-refractivity contribution in [2.45, 2.75) is 77.0 Å². The first-order chi connectivity index (χ1) is 22.1. The van der Waals surface area contributed by atoms with Crippen LogP contribution in [0.5, 0.6) is 5.75 Å². The average Bonchev–Trinajstić information content (AvgIpc) is 3.77. The van der Waals surface area contributed by atoms with E-state index in [0.29, 0.717) is 5.82 Å². The fourth-order valence-corrected chi connectivity index (χ4v) is 6.64. The number of ether oxygens (including phenoxy) is 1. The molecular weight excluding hydrogens is 576 g/mol. The molecule has 3 aromatic heterocycles. The molecule has 238 valence electrons. The summed E-state index contributed by atoms with van der Waals surface area (Å²) >= 11 is 0. The third-order valence-corrected chi connectivity index (χ3v) is 9.24. The monoisotopic (exact) mass is 618 g/mol. The predicted octanol–water partition coefficient (Wildman–Crippen LogP) is 7.06. The van der Waals surface area contributed by atoms with Crippen molar-refractivity contribution in [2.24, 2.45) is 0 Å². The molecule has 0 saturated carbocycles. The number of carbonyl (C=O) groups excluding carboxylic acids is 1. The van der Waals surface area contributed by atoms with Gasteiger partial charge in [-0.15, -0.1) is 10.2 Å². The summed E-state index contributed by atoms with van der Waals surface area (Å²) in [5.74, 6) is 2.36. The molecule has 2 aliphatic rings. The van der Waals surface area contributed by atoms with Gasteiger partial charge in [0.1, 0.15) is 17.7 Å². The molecule has 2 aromatic carbocycles.